The molecule has 0 saturated heterocycles. The predicted molar refractivity (Wildman–Crippen MR) is 120 cm³/mol. The average molecular weight is 376 g/mol. The lowest BCUT2D eigenvalue weighted by Gasteiger charge is -2.02. The molecule has 3 heteroatoms. The first-order valence-electron chi connectivity index (χ1n) is 9.59. The molecule has 0 N–H and O–H groups in total. The zero-order chi connectivity index (χ0) is 19.6. The molecule has 0 fully saturated rings. The summed E-state index contributed by atoms with van der Waals surface area (Å²) >= 11 is 0. The van der Waals surface area contributed by atoms with Gasteiger partial charge in [-0.05, 0) is 58.3 Å². The smallest absolute Gasteiger partial charge is 0.138 e. The van der Waals surface area contributed by atoms with Crippen molar-refractivity contribution < 1.29 is 4.74 Å². The lowest BCUT2D eigenvalue weighted by molar-refractivity contribution is 0.415. The molecule has 0 amide bonds. The van der Waals surface area contributed by atoms with Gasteiger partial charge in [0, 0.05) is 18.0 Å². The summed E-state index contributed by atoms with van der Waals surface area (Å²) < 4.78 is 7.29. The number of methoxy groups -OCH3 is 1. The Hall–Kier alpha value is -3.85. The summed E-state index contributed by atoms with van der Waals surface area (Å²) in [7, 11) is 1.67. The quantitative estimate of drug-likeness (QED) is 0.366. The fourth-order valence-electron chi connectivity index (χ4n) is 3.58. The van der Waals surface area contributed by atoms with Crippen molar-refractivity contribution in [1.82, 2.24) is 9.38 Å². The van der Waals surface area contributed by atoms with E-state index in [1.54, 1.807) is 7.11 Å². The highest BCUT2D eigenvalue weighted by Gasteiger charge is 2.05. The molecule has 3 aromatic carbocycles. The number of rotatable bonds is 4. The zero-order valence-electron chi connectivity index (χ0n) is 16.1. The van der Waals surface area contributed by atoms with Gasteiger partial charge in [-0.3, -0.25) is 0 Å². The van der Waals surface area contributed by atoms with Gasteiger partial charge in [0.2, 0.25) is 0 Å². The molecule has 3 nitrogen and oxygen atoms in total. The number of hydrogen-bond donors (Lipinski definition) is 0. The standard InChI is InChI=1S/C26H20N2O/c1-29-23-13-11-22(12-14-23)25-18-28-16-15-19(17-26(28)27-25)9-10-21-7-4-6-20-5-2-3-8-24(20)21/h2-18H,1H3/b10-9-. The molecular weight excluding hydrogens is 356 g/mol. The highest BCUT2D eigenvalue weighted by atomic mass is 16.5. The number of pyridine rings is 1. The summed E-state index contributed by atoms with van der Waals surface area (Å²) in [6.07, 6.45) is 8.42. The van der Waals surface area contributed by atoms with Gasteiger partial charge in [-0.1, -0.05) is 54.6 Å². The molecule has 29 heavy (non-hydrogen) atoms. The molecule has 0 aliphatic rings. The molecule has 140 valence electrons. The van der Waals surface area contributed by atoms with Crippen molar-refractivity contribution in [2.45, 2.75) is 0 Å². The molecule has 0 unspecified atom stereocenters. The number of nitrogens with zero attached hydrogens (tertiary/aromatic N) is 2. The van der Waals surface area contributed by atoms with E-state index in [0.29, 0.717) is 0 Å². The monoisotopic (exact) mass is 376 g/mol. The van der Waals surface area contributed by atoms with Crippen molar-refractivity contribution in [3.05, 3.63) is 102 Å². The second-order valence-electron chi connectivity index (χ2n) is 6.98. The predicted octanol–water partition coefficient (Wildman–Crippen LogP) is 6.33. The minimum absolute atomic E-state index is 0.846. The van der Waals surface area contributed by atoms with Crippen LogP contribution in [0.25, 0.3) is 39.8 Å². The number of ether oxygens (including phenoxy) is 1. The Balaban J connectivity index is 1.47. The van der Waals surface area contributed by atoms with Crippen molar-refractivity contribution in [3.63, 3.8) is 0 Å². The van der Waals surface area contributed by atoms with Gasteiger partial charge in [0.1, 0.15) is 11.4 Å². The molecule has 0 bridgehead atoms. The first-order valence-corrected chi connectivity index (χ1v) is 9.59. The Morgan fingerprint density at radius 3 is 2.55 bits per heavy atom. The van der Waals surface area contributed by atoms with Crippen molar-refractivity contribution in [2.24, 2.45) is 0 Å². The topological polar surface area (TPSA) is 26.5 Å². The maximum absolute atomic E-state index is 5.24. The first-order chi connectivity index (χ1) is 14.3. The molecule has 2 heterocycles. The summed E-state index contributed by atoms with van der Waals surface area (Å²) in [6.45, 7) is 0. The summed E-state index contributed by atoms with van der Waals surface area (Å²) in [5.41, 5.74) is 5.28. The zero-order valence-corrected chi connectivity index (χ0v) is 16.1. The van der Waals surface area contributed by atoms with Crippen LogP contribution in [0, 0.1) is 0 Å². The van der Waals surface area contributed by atoms with Crippen molar-refractivity contribution >= 4 is 28.6 Å². The van der Waals surface area contributed by atoms with E-state index in [4.69, 9.17) is 9.72 Å². The molecule has 2 aromatic heterocycles. The second kappa shape index (κ2) is 7.28. The third-order valence-corrected chi connectivity index (χ3v) is 5.15. The summed E-state index contributed by atoms with van der Waals surface area (Å²) in [5, 5.41) is 2.51. The van der Waals surface area contributed by atoms with Crippen LogP contribution in [0.5, 0.6) is 5.75 Å². The maximum Gasteiger partial charge on any atom is 0.138 e. The van der Waals surface area contributed by atoms with Crippen LogP contribution in [-0.4, -0.2) is 16.5 Å². The van der Waals surface area contributed by atoms with E-state index >= 15 is 0 Å². The van der Waals surface area contributed by atoms with Gasteiger partial charge in [-0.2, -0.15) is 0 Å². The Kier molecular flexibility index (Phi) is 4.34. The van der Waals surface area contributed by atoms with E-state index < -0.39 is 0 Å². The van der Waals surface area contributed by atoms with Crippen molar-refractivity contribution in [1.29, 1.82) is 0 Å². The van der Waals surface area contributed by atoms with Crippen molar-refractivity contribution in [3.8, 4) is 17.0 Å². The number of aromatic nitrogens is 2. The van der Waals surface area contributed by atoms with Crippen LogP contribution in [0.4, 0.5) is 0 Å². The molecule has 5 rings (SSSR count). The third-order valence-electron chi connectivity index (χ3n) is 5.15. The van der Waals surface area contributed by atoms with Crippen molar-refractivity contribution in [2.75, 3.05) is 7.11 Å². The van der Waals surface area contributed by atoms with Crippen LogP contribution < -0.4 is 4.74 Å². The van der Waals surface area contributed by atoms with Gasteiger partial charge in [0.05, 0.1) is 12.8 Å². The van der Waals surface area contributed by atoms with Gasteiger partial charge >= 0.3 is 0 Å². The van der Waals surface area contributed by atoms with E-state index in [0.717, 1.165) is 28.2 Å². The Morgan fingerprint density at radius 1 is 0.862 bits per heavy atom. The van der Waals surface area contributed by atoms with Gasteiger partial charge in [-0.25, -0.2) is 4.98 Å². The van der Waals surface area contributed by atoms with Crippen LogP contribution in [-0.2, 0) is 0 Å². The number of hydrogen-bond acceptors (Lipinski definition) is 2. The highest BCUT2D eigenvalue weighted by molar-refractivity contribution is 5.92. The molecular formula is C26H20N2O. The van der Waals surface area contributed by atoms with E-state index in [2.05, 4.69) is 83.5 Å². The summed E-state index contributed by atoms with van der Waals surface area (Å²) in [5.74, 6) is 0.846. The number of imidazole rings is 1. The van der Waals surface area contributed by atoms with E-state index in [1.807, 2.05) is 24.3 Å². The molecule has 0 radical (unpaired) electrons. The second-order valence-corrected chi connectivity index (χ2v) is 6.98. The minimum Gasteiger partial charge on any atom is -0.497 e. The molecule has 5 aromatic rings. The lowest BCUT2D eigenvalue weighted by atomic mass is 10.0. The molecule has 0 aliphatic heterocycles. The maximum atomic E-state index is 5.24. The molecule has 0 spiro atoms. The Bertz CT molecular complexity index is 1320. The van der Waals surface area contributed by atoms with Gasteiger partial charge < -0.3 is 9.14 Å². The van der Waals surface area contributed by atoms with Crippen LogP contribution in [0.1, 0.15) is 11.1 Å². The Morgan fingerprint density at radius 2 is 1.69 bits per heavy atom. The van der Waals surface area contributed by atoms with E-state index in [-0.39, 0.29) is 0 Å². The van der Waals surface area contributed by atoms with Gasteiger partial charge in [-0.15, -0.1) is 0 Å². The van der Waals surface area contributed by atoms with Crippen LogP contribution in [0.2, 0.25) is 0 Å². The lowest BCUT2D eigenvalue weighted by Crippen LogP contribution is -1.83. The molecule has 0 saturated carbocycles. The van der Waals surface area contributed by atoms with Gasteiger partial charge in [0.25, 0.3) is 0 Å². The van der Waals surface area contributed by atoms with Crippen LogP contribution in [0.15, 0.2) is 91.3 Å². The minimum atomic E-state index is 0.846. The van der Waals surface area contributed by atoms with Crippen LogP contribution >= 0.6 is 0 Å². The molecule has 0 atom stereocenters. The number of fused-ring (bicyclic) bond motifs is 2. The first kappa shape index (κ1) is 17.3. The average Bonchev–Trinajstić information content (AvgIpc) is 3.21. The van der Waals surface area contributed by atoms with E-state index in [9.17, 15) is 0 Å². The SMILES string of the molecule is COc1ccc(-c2cn3ccc(/C=C\c4cccc5ccccc45)cc3n2)cc1. The van der Waals surface area contributed by atoms with Gasteiger partial charge in [0.15, 0.2) is 0 Å². The summed E-state index contributed by atoms with van der Waals surface area (Å²) in [4.78, 5) is 4.79. The van der Waals surface area contributed by atoms with E-state index in [1.165, 1.54) is 16.3 Å². The summed E-state index contributed by atoms with van der Waals surface area (Å²) in [6, 6.07) is 27.0. The van der Waals surface area contributed by atoms with Crippen LogP contribution in [0.3, 0.4) is 0 Å². The Labute approximate surface area is 169 Å². The fraction of sp³-hybridized carbons (Fsp3) is 0.0385. The normalized spacial score (nSPS) is 11.5. The highest BCUT2D eigenvalue weighted by Crippen LogP contribution is 2.24. The largest absolute Gasteiger partial charge is 0.497 e. The fourth-order valence-corrected chi connectivity index (χ4v) is 3.58. The third kappa shape index (κ3) is 3.39. The number of benzene rings is 3. The molecule has 0 aliphatic carbocycles.